The van der Waals surface area contributed by atoms with E-state index in [-0.39, 0.29) is 5.54 Å². The summed E-state index contributed by atoms with van der Waals surface area (Å²) >= 11 is 0. The Morgan fingerprint density at radius 3 is 2.47 bits per heavy atom. The number of rotatable bonds is 1. The van der Waals surface area contributed by atoms with Gasteiger partial charge in [-0.25, -0.2) is 4.98 Å². The first-order valence-corrected chi connectivity index (χ1v) is 5.80. The number of imidazole rings is 1. The zero-order valence-corrected chi connectivity index (χ0v) is 10.9. The molecule has 3 heteroatoms. The van der Waals surface area contributed by atoms with Gasteiger partial charge in [-0.05, 0) is 33.8 Å². The van der Waals surface area contributed by atoms with E-state index in [1.54, 1.807) is 0 Å². The lowest BCUT2D eigenvalue weighted by Crippen LogP contribution is -2.22. The fourth-order valence-corrected chi connectivity index (χ4v) is 1.91. The van der Waals surface area contributed by atoms with Crippen LogP contribution >= 0.6 is 0 Å². The van der Waals surface area contributed by atoms with Crippen LogP contribution in [0.2, 0.25) is 0 Å². The lowest BCUT2D eigenvalue weighted by molar-refractivity contribution is 0.402. The van der Waals surface area contributed by atoms with Crippen molar-refractivity contribution in [3.05, 3.63) is 36.2 Å². The molecule has 90 valence electrons. The van der Waals surface area contributed by atoms with E-state index in [0.29, 0.717) is 0 Å². The smallest absolute Gasteiger partial charge is 0.132 e. The van der Waals surface area contributed by atoms with E-state index in [1.165, 1.54) is 5.56 Å². The molecule has 2 rings (SSSR count). The fourth-order valence-electron chi connectivity index (χ4n) is 1.91. The number of anilines is 1. The third-order valence-electron chi connectivity index (χ3n) is 2.82. The van der Waals surface area contributed by atoms with Crippen molar-refractivity contribution in [1.29, 1.82) is 0 Å². The molecule has 1 aromatic carbocycles. The molecule has 0 spiro atoms. The first-order chi connectivity index (χ1) is 7.89. The average molecular weight is 229 g/mol. The van der Waals surface area contributed by atoms with E-state index in [1.807, 2.05) is 23.0 Å². The van der Waals surface area contributed by atoms with Crippen LogP contribution in [0.25, 0.3) is 11.3 Å². The quantitative estimate of drug-likeness (QED) is 0.816. The molecule has 17 heavy (non-hydrogen) atoms. The number of aromatic nitrogens is 2. The topological polar surface area (TPSA) is 43.8 Å². The van der Waals surface area contributed by atoms with E-state index >= 15 is 0 Å². The Hall–Kier alpha value is -1.77. The molecule has 0 aliphatic heterocycles. The normalized spacial score (nSPS) is 11.8. The molecule has 0 amide bonds. The monoisotopic (exact) mass is 229 g/mol. The fraction of sp³-hybridized carbons (Fsp3) is 0.357. The van der Waals surface area contributed by atoms with Crippen LogP contribution in [0.1, 0.15) is 26.3 Å². The van der Waals surface area contributed by atoms with Crippen molar-refractivity contribution in [1.82, 2.24) is 9.55 Å². The van der Waals surface area contributed by atoms with Gasteiger partial charge in [-0.1, -0.05) is 23.8 Å². The Kier molecular flexibility index (Phi) is 2.69. The first kappa shape index (κ1) is 11.7. The zero-order valence-electron chi connectivity index (χ0n) is 10.9. The van der Waals surface area contributed by atoms with Gasteiger partial charge in [0.25, 0.3) is 0 Å². The predicted octanol–water partition coefficient (Wildman–Crippen LogP) is 3.20. The van der Waals surface area contributed by atoms with E-state index in [9.17, 15) is 0 Å². The Morgan fingerprint density at radius 1 is 1.24 bits per heavy atom. The molecule has 1 heterocycles. The highest BCUT2D eigenvalue weighted by atomic mass is 15.2. The van der Waals surface area contributed by atoms with Crippen molar-refractivity contribution in [2.45, 2.75) is 33.2 Å². The van der Waals surface area contributed by atoms with Gasteiger partial charge in [-0.15, -0.1) is 0 Å². The van der Waals surface area contributed by atoms with Gasteiger partial charge >= 0.3 is 0 Å². The minimum atomic E-state index is -0.0425. The zero-order chi connectivity index (χ0) is 12.6. The standard InChI is InChI=1S/C14H19N3/c1-10-6-5-7-11(8-10)12-13(15)17(9-16-12)14(2,3)4/h5-9H,15H2,1-4H3. The number of nitrogens with zero attached hydrogens (tertiary/aromatic N) is 2. The van der Waals surface area contributed by atoms with Crippen molar-refractivity contribution in [2.75, 3.05) is 5.73 Å². The molecule has 0 unspecified atom stereocenters. The third-order valence-corrected chi connectivity index (χ3v) is 2.82. The van der Waals surface area contributed by atoms with Crippen molar-refractivity contribution in [2.24, 2.45) is 0 Å². The number of nitrogens with two attached hydrogens (primary N) is 1. The summed E-state index contributed by atoms with van der Waals surface area (Å²) < 4.78 is 2.00. The van der Waals surface area contributed by atoms with E-state index in [4.69, 9.17) is 5.73 Å². The van der Waals surface area contributed by atoms with Crippen LogP contribution in [0, 0.1) is 6.92 Å². The molecule has 2 aromatic rings. The molecule has 0 aliphatic carbocycles. The molecule has 3 nitrogen and oxygen atoms in total. The highest BCUT2D eigenvalue weighted by Crippen LogP contribution is 2.28. The van der Waals surface area contributed by atoms with Gasteiger partial charge in [0.05, 0.1) is 6.33 Å². The number of benzene rings is 1. The Bertz CT molecular complexity index is 533. The predicted molar refractivity (Wildman–Crippen MR) is 71.8 cm³/mol. The number of hydrogen-bond donors (Lipinski definition) is 1. The summed E-state index contributed by atoms with van der Waals surface area (Å²) in [6, 6.07) is 8.24. The molecular weight excluding hydrogens is 210 g/mol. The molecule has 0 saturated heterocycles. The average Bonchev–Trinajstić information content (AvgIpc) is 2.59. The summed E-state index contributed by atoms with van der Waals surface area (Å²) in [4.78, 5) is 4.43. The molecule has 0 saturated carbocycles. The Balaban J connectivity index is 2.52. The molecule has 0 radical (unpaired) electrons. The first-order valence-electron chi connectivity index (χ1n) is 5.80. The Labute approximate surface area is 102 Å². The van der Waals surface area contributed by atoms with Gasteiger partial charge in [-0.2, -0.15) is 0 Å². The van der Waals surface area contributed by atoms with Crippen molar-refractivity contribution in [3.8, 4) is 11.3 Å². The van der Waals surface area contributed by atoms with Crippen LogP contribution in [-0.2, 0) is 5.54 Å². The maximum atomic E-state index is 6.17. The van der Waals surface area contributed by atoms with Crippen LogP contribution in [0.15, 0.2) is 30.6 Å². The highest BCUT2D eigenvalue weighted by molar-refractivity contribution is 5.71. The van der Waals surface area contributed by atoms with Crippen molar-refractivity contribution >= 4 is 5.82 Å². The highest BCUT2D eigenvalue weighted by Gasteiger charge is 2.19. The SMILES string of the molecule is Cc1cccc(-c2ncn(C(C)(C)C)c2N)c1. The van der Waals surface area contributed by atoms with Crippen LogP contribution in [0.4, 0.5) is 5.82 Å². The maximum absolute atomic E-state index is 6.17. The van der Waals surface area contributed by atoms with Crippen molar-refractivity contribution in [3.63, 3.8) is 0 Å². The summed E-state index contributed by atoms with van der Waals surface area (Å²) in [6.45, 7) is 8.42. The van der Waals surface area contributed by atoms with Crippen molar-refractivity contribution < 1.29 is 0 Å². The second-order valence-corrected chi connectivity index (χ2v) is 5.39. The summed E-state index contributed by atoms with van der Waals surface area (Å²) in [5, 5.41) is 0. The third kappa shape index (κ3) is 2.18. The minimum Gasteiger partial charge on any atom is -0.383 e. The lowest BCUT2D eigenvalue weighted by Gasteiger charge is -2.22. The molecule has 0 bridgehead atoms. The molecule has 0 atom stereocenters. The minimum absolute atomic E-state index is 0.0425. The molecular formula is C14H19N3. The summed E-state index contributed by atoms with van der Waals surface area (Å²) in [5.74, 6) is 0.725. The van der Waals surface area contributed by atoms with Gasteiger partial charge in [0.15, 0.2) is 0 Å². The maximum Gasteiger partial charge on any atom is 0.132 e. The summed E-state index contributed by atoms with van der Waals surface area (Å²) in [7, 11) is 0. The summed E-state index contributed by atoms with van der Waals surface area (Å²) in [5.41, 5.74) is 9.28. The molecule has 0 fully saturated rings. The number of hydrogen-bond acceptors (Lipinski definition) is 2. The van der Waals surface area contributed by atoms with E-state index in [0.717, 1.165) is 17.1 Å². The van der Waals surface area contributed by atoms with Crippen LogP contribution in [0.3, 0.4) is 0 Å². The number of nitrogen functional groups attached to an aromatic ring is 1. The molecule has 2 N–H and O–H groups in total. The lowest BCUT2D eigenvalue weighted by atomic mass is 10.1. The van der Waals surface area contributed by atoms with Gasteiger partial charge in [-0.3, -0.25) is 0 Å². The van der Waals surface area contributed by atoms with Crippen LogP contribution in [-0.4, -0.2) is 9.55 Å². The molecule has 1 aromatic heterocycles. The molecule has 0 aliphatic rings. The second kappa shape index (κ2) is 3.91. The van der Waals surface area contributed by atoms with Gasteiger partial charge in [0.2, 0.25) is 0 Å². The summed E-state index contributed by atoms with van der Waals surface area (Å²) in [6.07, 6.45) is 1.81. The van der Waals surface area contributed by atoms with E-state index < -0.39 is 0 Å². The van der Waals surface area contributed by atoms with Gasteiger partial charge in [0.1, 0.15) is 11.5 Å². The van der Waals surface area contributed by atoms with Gasteiger partial charge < -0.3 is 10.3 Å². The second-order valence-electron chi connectivity index (χ2n) is 5.39. The van der Waals surface area contributed by atoms with Crippen LogP contribution < -0.4 is 5.73 Å². The van der Waals surface area contributed by atoms with E-state index in [2.05, 4.69) is 44.8 Å². The number of aryl methyl sites for hydroxylation is 1. The largest absolute Gasteiger partial charge is 0.383 e. The van der Waals surface area contributed by atoms with Crippen LogP contribution in [0.5, 0.6) is 0 Å². The Morgan fingerprint density at radius 2 is 1.94 bits per heavy atom. The van der Waals surface area contributed by atoms with Gasteiger partial charge in [0, 0.05) is 11.1 Å².